The zero-order chi connectivity index (χ0) is 34.2. The maximum absolute atomic E-state index is 14.9. The first-order valence-corrected chi connectivity index (χ1v) is 16.6. The van der Waals surface area contributed by atoms with Crippen LogP contribution in [0.15, 0.2) is 52.7 Å². The second kappa shape index (κ2) is 11.7. The lowest BCUT2D eigenvalue weighted by atomic mass is 10.00. The molecule has 0 saturated carbocycles. The molecule has 6 heterocycles. The molecule has 48 heavy (non-hydrogen) atoms. The fourth-order valence-electron chi connectivity index (χ4n) is 7.35. The number of imidazole rings is 1. The minimum Gasteiger partial charge on any atom is -0.486 e. The first-order chi connectivity index (χ1) is 22.9. The number of fused-ring (bicyclic) bond motifs is 6. The number of aryl methyl sites for hydroxylation is 3. The van der Waals surface area contributed by atoms with E-state index in [2.05, 4.69) is 16.5 Å². The van der Waals surface area contributed by atoms with E-state index in [4.69, 9.17) is 26.3 Å². The van der Waals surface area contributed by atoms with Crippen LogP contribution in [0.4, 0.5) is 5.69 Å². The molecule has 5 aromatic rings. The van der Waals surface area contributed by atoms with E-state index in [1.807, 2.05) is 63.8 Å². The van der Waals surface area contributed by atoms with Crippen molar-refractivity contribution >= 4 is 45.3 Å². The summed E-state index contributed by atoms with van der Waals surface area (Å²) in [5.41, 5.74) is 6.00. The Morgan fingerprint density at radius 2 is 1.92 bits per heavy atom. The van der Waals surface area contributed by atoms with Gasteiger partial charge in [0.05, 0.1) is 51.5 Å². The van der Waals surface area contributed by atoms with Crippen LogP contribution >= 0.6 is 11.6 Å². The zero-order valence-corrected chi connectivity index (χ0v) is 28.7. The lowest BCUT2D eigenvalue weighted by Gasteiger charge is -2.45. The van der Waals surface area contributed by atoms with Gasteiger partial charge in [-0.3, -0.25) is 23.7 Å². The van der Waals surface area contributed by atoms with Gasteiger partial charge in [0.15, 0.2) is 5.65 Å². The summed E-state index contributed by atoms with van der Waals surface area (Å²) in [6, 6.07) is 7.27. The number of amides is 1. The highest BCUT2D eigenvalue weighted by atomic mass is 35.5. The van der Waals surface area contributed by atoms with Gasteiger partial charge in [-0.2, -0.15) is 0 Å². The predicted octanol–water partition coefficient (Wildman–Crippen LogP) is 5.40. The number of anilines is 1. The van der Waals surface area contributed by atoms with Crippen LogP contribution in [0.5, 0.6) is 5.75 Å². The molecule has 1 N–H and O–H groups in total. The van der Waals surface area contributed by atoms with E-state index < -0.39 is 0 Å². The number of hydrogen-bond donors (Lipinski definition) is 1. The zero-order valence-electron chi connectivity index (χ0n) is 27.9. The number of carbonyl (C=O) groups excluding carboxylic acids is 1. The van der Waals surface area contributed by atoms with E-state index in [9.17, 15) is 14.4 Å². The number of H-pyrrole nitrogens is 1. The second-order valence-electron chi connectivity index (χ2n) is 13.2. The molecule has 2 aliphatic heterocycles. The number of carbonyl (C=O) groups is 1. The van der Waals surface area contributed by atoms with Gasteiger partial charge < -0.3 is 19.5 Å². The number of rotatable bonds is 4. The maximum atomic E-state index is 14.9. The third kappa shape index (κ3) is 4.74. The molecule has 1 amide bonds. The van der Waals surface area contributed by atoms with Crippen molar-refractivity contribution < 1.29 is 9.53 Å². The number of ether oxygens (including phenoxy) is 1. The normalized spacial score (nSPS) is 17.8. The molecule has 7 rings (SSSR count). The van der Waals surface area contributed by atoms with Gasteiger partial charge in [-0.15, -0.1) is 0 Å². The third-order valence-electron chi connectivity index (χ3n) is 9.75. The summed E-state index contributed by atoms with van der Waals surface area (Å²) in [7, 11) is 1.71. The number of benzene rings is 1. The number of pyridine rings is 3. The quantitative estimate of drug-likeness (QED) is 0.255. The molecule has 11 nitrogen and oxygen atoms in total. The van der Waals surface area contributed by atoms with Crippen LogP contribution in [-0.2, 0) is 11.8 Å². The number of piperazine rings is 1. The Morgan fingerprint density at radius 3 is 2.65 bits per heavy atom. The maximum Gasteiger partial charge on any atom is 0.326 e. The van der Waals surface area contributed by atoms with Crippen molar-refractivity contribution in [1.82, 2.24) is 29.0 Å². The summed E-state index contributed by atoms with van der Waals surface area (Å²) in [6.45, 7) is 14.9. The van der Waals surface area contributed by atoms with Crippen LogP contribution in [0.1, 0.15) is 49.9 Å². The highest BCUT2D eigenvalue weighted by molar-refractivity contribution is 6.34. The molecule has 12 heteroatoms. The van der Waals surface area contributed by atoms with Crippen LogP contribution in [0.2, 0.25) is 5.02 Å². The summed E-state index contributed by atoms with van der Waals surface area (Å²) >= 11 is 7.21. The van der Waals surface area contributed by atoms with Gasteiger partial charge in [0.25, 0.3) is 0 Å². The number of nitrogens with zero attached hydrogens (tertiary/aromatic N) is 6. The van der Waals surface area contributed by atoms with Crippen molar-refractivity contribution in [2.45, 2.75) is 59.0 Å². The summed E-state index contributed by atoms with van der Waals surface area (Å²) in [6.07, 6.45) is 3.70. The molecule has 0 radical (unpaired) electrons. The fourth-order valence-corrected chi connectivity index (χ4v) is 7.60. The molecule has 1 saturated heterocycles. The number of aromatic nitrogens is 5. The Labute approximate surface area is 282 Å². The average molecular weight is 668 g/mol. The first kappa shape index (κ1) is 31.7. The monoisotopic (exact) mass is 667 g/mol. The van der Waals surface area contributed by atoms with Gasteiger partial charge in [-0.05, 0) is 62.1 Å². The van der Waals surface area contributed by atoms with Crippen LogP contribution in [0, 0.1) is 13.8 Å². The van der Waals surface area contributed by atoms with Crippen LogP contribution in [0.25, 0.3) is 39.0 Å². The minimum absolute atomic E-state index is 0.000530. The standard InChI is InChI=1S/C36H38ClN7O4/c1-8-26(45)42-17-22-12-14-48-33-31(43(22)16-21(42)6)23-15-24(37)29(27-19(4)9-10-25-32(27)41(7)36(47)39-25)40-34(23)44(35(33)46)30-20(5)11-13-38-28(30)18(2)3/h8-11,13,15,18,21-22H,1,12,14,16-17H2,2-7H3,(H,39,47). The summed E-state index contributed by atoms with van der Waals surface area (Å²) in [4.78, 5) is 57.3. The highest BCUT2D eigenvalue weighted by Crippen LogP contribution is 2.44. The number of nitrogens with one attached hydrogen (secondary N) is 1. The Hall–Kier alpha value is -4.90. The number of hydrogen-bond acceptors (Lipinski definition) is 7. The molecule has 1 aromatic carbocycles. The van der Waals surface area contributed by atoms with Crippen molar-refractivity contribution in [2.24, 2.45) is 7.05 Å². The van der Waals surface area contributed by atoms with Gasteiger partial charge in [-0.25, -0.2) is 9.78 Å². The van der Waals surface area contributed by atoms with E-state index in [0.717, 1.165) is 16.8 Å². The molecule has 2 atom stereocenters. The lowest BCUT2D eigenvalue weighted by Crippen LogP contribution is -2.59. The van der Waals surface area contributed by atoms with Crippen molar-refractivity contribution in [3.8, 4) is 22.7 Å². The highest BCUT2D eigenvalue weighted by Gasteiger charge is 2.39. The largest absolute Gasteiger partial charge is 0.486 e. The fraction of sp³-hybridized carbons (Fsp3) is 0.361. The Balaban J connectivity index is 1.60. The van der Waals surface area contributed by atoms with E-state index in [1.165, 1.54) is 6.08 Å². The second-order valence-corrected chi connectivity index (χ2v) is 13.6. The molecule has 0 spiro atoms. The van der Waals surface area contributed by atoms with Crippen molar-refractivity contribution in [3.63, 3.8) is 0 Å². The van der Waals surface area contributed by atoms with Gasteiger partial charge in [0.2, 0.25) is 11.7 Å². The summed E-state index contributed by atoms with van der Waals surface area (Å²) < 4.78 is 9.53. The molecule has 4 aromatic heterocycles. The molecule has 2 aliphatic rings. The molecule has 1 fully saturated rings. The first-order valence-electron chi connectivity index (χ1n) is 16.2. The summed E-state index contributed by atoms with van der Waals surface area (Å²) in [5.74, 6) is 0.0918. The van der Waals surface area contributed by atoms with Crippen molar-refractivity contribution in [2.75, 3.05) is 24.6 Å². The van der Waals surface area contributed by atoms with E-state index in [0.29, 0.717) is 75.8 Å². The Bertz CT molecular complexity index is 2290. The third-order valence-corrected chi connectivity index (χ3v) is 10.0. The van der Waals surface area contributed by atoms with Crippen LogP contribution < -0.4 is 20.9 Å². The van der Waals surface area contributed by atoms with Gasteiger partial charge in [-0.1, -0.05) is 38.1 Å². The molecule has 248 valence electrons. The van der Waals surface area contributed by atoms with Gasteiger partial charge in [0, 0.05) is 49.7 Å². The number of halogens is 1. The molecule has 2 unspecified atom stereocenters. The van der Waals surface area contributed by atoms with E-state index in [-0.39, 0.29) is 40.9 Å². The average Bonchev–Trinajstić information content (AvgIpc) is 3.21. The molecule has 0 aliphatic carbocycles. The Kier molecular flexibility index (Phi) is 7.70. The van der Waals surface area contributed by atoms with E-state index >= 15 is 0 Å². The topological polar surface area (TPSA) is 118 Å². The SMILES string of the molecule is C=CC(=O)N1CC2CCOc3c(c4cc(Cl)c(-c5c(C)ccc6[nH]c(=O)n(C)c56)nc4n(-c4c(C)ccnc4C(C)C)c3=O)N2CC1C. The van der Waals surface area contributed by atoms with Gasteiger partial charge >= 0.3 is 11.2 Å². The van der Waals surface area contributed by atoms with E-state index in [1.54, 1.807) is 22.4 Å². The molecular formula is C36H38ClN7O4. The molecule has 0 bridgehead atoms. The predicted molar refractivity (Wildman–Crippen MR) is 189 cm³/mol. The lowest BCUT2D eigenvalue weighted by molar-refractivity contribution is -0.128. The van der Waals surface area contributed by atoms with Crippen LogP contribution in [0.3, 0.4) is 0 Å². The van der Waals surface area contributed by atoms with Crippen molar-refractivity contribution in [3.05, 3.63) is 85.8 Å². The smallest absolute Gasteiger partial charge is 0.326 e. The number of aromatic amines is 1. The Morgan fingerprint density at radius 1 is 1.15 bits per heavy atom. The van der Waals surface area contributed by atoms with Crippen LogP contribution in [-0.4, -0.2) is 66.7 Å². The minimum atomic E-state index is -0.349. The van der Waals surface area contributed by atoms with Crippen molar-refractivity contribution in [1.29, 1.82) is 0 Å². The van der Waals surface area contributed by atoms with Gasteiger partial charge in [0.1, 0.15) is 0 Å². The molecular weight excluding hydrogens is 630 g/mol. The summed E-state index contributed by atoms with van der Waals surface area (Å²) in [5, 5.41) is 1.01.